The number of likely N-dealkylation sites (tertiary alicyclic amines) is 1. The quantitative estimate of drug-likeness (QED) is 0.718. The molecular formula is C11H22N2. The van der Waals surface area contributed by atoms with E-state index in [2.05, 4.69) is 11.8 Å². The highest BCUT2D eigenvalue weighted by atomic mass is 15.3. The van der Waals surface area contributed by atoms with Gasteiger partial charge in [-0.15, -0.1) is 0 Å². The molecule has 1 aliphatic carbocycles. The van der Waals surface area contributed by atoms with Crippen molar-refractivity contribution in [3.05, 3.63) is 0 Å². The van der Waals surface area contributed by atoms with Crippen molar-refractivity contribution in [2.24, 2.45) is 11.7 Å². The maximum Gasteiger partial charge on any atom is 0.0334 e. The highest BCUT2D eigenvalue weighted by Gasteiger charge is 2.43. The van der Waals surface area contributed by atoms with Gasteiger partial charge in [-0.3, -0.25) is 4.90 Å². The molecule has 0 aromatic heterocycles. The Balaban J connectivity index is 1.99. The molecule has 2 aliphatic rings. The summed E-state index contributed by atoms with van der Waals surface area (Å²) in [6, 6.07) is 0. The fraction of sp³-hybridized carbons (Fsp3) is 1.00. The third kappa shape index (κ3) is 1.50. The molecule has 2 N–H and O–H groups in total. The van der Waals surface area contributed by atoms with Crippen LogP contribution in [0.15, 0.2) is 0 Å². The summed E-state index contributed by atoms with van der Waals surface area (Å²) in [5.74, 6) is 0.948. The van der Waals surface area contributed by atoms with E-state index in [-0.39, 0.29) is 0 Å². The van der Waals surface area contributed by atoms with Crippen molar-refractivity contribution >= 4 is 0 Å². The van der Waals surface area contributed by atoms with Crippen LogP contribution >= 0.6 is 0 Å². The predicted octanol–water partition coefficient (Wildman–Crippen LogP) is 1.60. The molecule has 2 rings (SSSR count). The molecule has 0 radical (unpaired) electrons. The largest absolute Gasteiger partial charge is 0.329 e. The van der Waals surface area contributed by atoms with Gasteiger partial charge in [0.05, 0.1) is 0 Å². The number of hydrogen-bond donors (Lipinski definition) is 1. The second kappa shape index (κ2) is 3.58. The van der Waals surface area contributed by atoms with Crippen LogP contribution in [0.25, 0.3) is 0 Å². The molecule has 2 heteroatoms. The summed E-state index contributed by atoms with van der Waals surface area (Å²) in [6.45, 7) is 5.79. The van der Waals surface area contributed by atoms with Gasteiger partial charge >= 0.3 is 0 Å². The Morgan fingerprint density at radius 1 is 1.46 bits per heavy atom. The second-order valence-electron chi connectivity index (χ2n) is 4.79. The first-order valence-corrected chi connectivity index (χ1v) is 5.76. The molecular weight excluding hydrogens is 160 g/mol. The molecule has 0 aromatic carbocycles. The first-order chi connectivity index (χ1) is 6.30. The molecule has 13 heavy (non-hydrogen) atoms. The predicted molar refractivity (Wildman–Crippen MR) is 55.6 cm³/mol. The van der Waals surface area contributed by atoms with E-state index in [1.807, 2.05) is 0 Å². The lowest BCUT2D eigenvalue weighted by molar-refractivity contribution is 0.0362. The number of nitrogens with zero attached hydrogens (tertiary/aromatic N) is 1. The second-order valence-corrected chi connectivity index (χ2v) is 4.79. The molecule has 1 heterocycles. The zero-order valence-corrected chi connectivity index (χ0v) is 8.76. The van der Waals surface area contributed by atoms with Gasteiger partial charge in [-0.1, -0.05) is 13.3 Å². The van der Waals surface area contributed by atoms with E-state index in [4.69, 9.17) is 5.73 Å². The molecule has 0 spiro atoms. The van der Waals surface area contributed by atoms with Crippen LogP contribution in [0.2, 0.25) is 0 Å². The van der Waals surface area contributed by atoms with E-state index in [0.29, 0.717) is 5.54 Å². The van der Waals surface area contributed by atoms with Gasteiger partial charge in [-0.25, -0.2) is 0 Å². The molecule has 2 unspecified atom stereocenters. The summed E-state index contributed by atoms with van der Waals surface area (Å²) < 4.78 is 0. The van der Waals surface area contributed by atoms with Gasteiger partial charge in [0.15, 0.2) is 0 Å². The highest BCUT2D eigenvalue weighted by Crippen LogP contribution is 2.41. The van der Waals surface area contributed by atoms with Crippen LogP contribution < -0.4 is 5.73 Å². The minimum atomic E-state index is 0.416. The van der Waals surface area contributed by atoms with E-state index in [0.717, 1.165) is 12.5 Å². The van der Waals surface area contributed by atoms with Crippen molar-refractivity contribution in [3.8, 4) is 0 Å². The Morgan fingerprint density at radius 2 is 2.23 bits per heavy atom. The first-order valence-electron chi connectivity index (χ1n) is 5.76. The van der Waals surface area contributed by atoms with Crippen LogP contribution in [0.4, 0.5) is 0 Å². The van der Waals surface area contributed by atoms with Gasteiger partial charge in [-0.2, -0.15) is 0 Å². The van der Waals surface area contributed by atoms with Crippen molar-refractivity contribution in [2.75, 3.05) is 19.6 Å². The lowest BCUT2D eigenvalue weighted by Crippen LogP contribution is -2.57. The number of rotatable bonds is 3. The summed E-state index contributed by atoms with van der Waals surface area (Å²) in [4.78, 5) is 2.63. The van der Waals surface area contributed by atoms with Crippen molar-refractivity contribution in [2.45, 2.75) is 44.6 Å². The van der Waals surface area contributed by atoms with Gasteiger partial charge in [0, 0.05) is 12.1 Å². The maximum atomic E-state index is 5.95. The molecule has 1 saturated carbocycles. The lowest BCUT2D eigenvalue weighted by atomic mass is 9.90. The lowest BCUT2D eigenvalue weighted by Gasteiger charge is -2.46. The Kier molecular flexibility index (Phi) is 2.61. The van der Waals surface area contributed by atoms with Crippen molar-refractivity contribution in [1.82, 2.24) is 4.90 Å². The maximum absolute atomic E-state index is 5.95. The summed E-state index contributed by atoms with van der Waals surface area (Å²) in [5, 5.41) is 0. The molecule has 1 aliphatic heterocycles. The normalized spacial score (nSPS) is 40.6. The topological polar surface area (TPSA) is 29.3 Å². The van der Waals surface area contributed by atoms with Gasteiger partial charge in [0.1, 0.15) is 0 Å². The molecule has 0 aromatic rings. The standard InChI is InChI=1S/C11H22N2/c1-2-10-4-5-11(8-10,9-12)13-6-3-7-13/h10H,2-9,12H2,1H3. The van der Waals surface area contributed by atoms with Crippen molar-refractivity contribution in [1.29, 1.82) is 0 Å². The van der Waals surface area contributed by atoms with E-state index >= 15 is 0 Å². The summed E-state index contributed by atoms with van der Waals surface area (Å²) in [6.07, 6.45) is 6.85. The van der Waals surface area contributed by atoms with Crippen LogP contribution in [0, 0.1) is 5.92 Å². The van der Waals surface area contributed by atoms with Gasteiger partial charge < -0.3 is 5.73 Å². The fourth-order valence-corrected chi connectivity index (χ4v) is 2.96. The molecule has 2 fully saturated rings. The average molecular weight is 182 g/mol. The van der Waals surface area contributed by atoms with Gasteiger partial charge in [0.25, 0.3) is 0 Å². The third-order valence-electron chi connectivity index (χ3n) is 4.17. The summed E-state index contributed by atoms with van der Waals surface area (Å²) in [7, 11) is 0. The van der Waals surface area contributed by atoms with Crippen molar-refractivity contribution in [3.63, 3.8) is 0 Å². The van der Waals surface area contributed by atoms with E-state index < -0.39 is 0 Å². The average Bonchev–Trinajstić information content (AvgIpc) is 2.47. The van der Waals surface area contributed by atoms with Crippen LogP contribution in [0.5, 0.6) is 0 Å². The molecule has 0 bridgehead atoms. The van der Waals surface area contributed by atoms with E-state index in [1.54, 1.807) is 0 Å². The Morgan fingerprint density at radius 3 is 2.62 bits per heavy atom. The highest BCUT2D eigenvalue weighted by molar-refractivity contribution is 5.00. The minimum Gasteiger partial charge on any atom is -0.329 e. The molecule has 76 valence electrons. The summed E-state index contributed by atoms with van der Waals surface area (Å²) >= 11 is 0. The molecule has 0 amide bonds. The van der Waals surface area contributed by atoms with Gasteiger partial charge in [-0.05, 0) is 44.7 Å². The monoisotopic (exact) mass is 182 g/mol. The Labute approximate surface area is 81.5 Å². The number of nitrogens with two attached hydrogens (primary N) is 1. The van der Waals surface area contributed by atoms with Crippen LogP contribution in [-0.4, -0.2) is 30.1 Å². The third-order valence-corrected chi connectivity index (χ3v) is 4.17. The Bertz CT molecular complexity index is 177. The zero-order valence-electron chi connectivity index (χ0n) is 8.76. The summed E-state index contributed by atoms with van der Waals surface area (Å²) in [5.41, 5.74) is 6.37. The number of hydrogen-bond acceptors (Lipinski definition) is 2. The first kappa shape index (κ1) is 9.47. The SMILES string of the molecule is CCC1CCC(CN)(N2CCC2)C1. The van der Waals surface area contributed by atoms with Gasteiger partial charge in [0.2, 0.25) is 0 Å². The van der Waals surface area contributed by atoms with Crippen molar-refractivity contribution < 1.29 is 0 Å². The van der Waals surface area contributed by atoms with Crippen LogP contribution in [0.3, 0.4) is 0 Å². The Hall–Kier alpha value is -0.0800. The van der Waals surface area contributed by atoms with E-state index in [9.17, 15) is 0 Å². The van der Waals surface area contributed by atoms with Crippen LogP contribution in [0.1, 0.15) is 39.0 Å². The zero-order chi connectivity index (χ0) is 9.31. The fourth-order valence-electron chi connectivity index (χ4n) is 2.96. The smallest absolute Gasteiger partial charge is 0.0334 e. The molecule has 2 atom stereocenters. The molecule has 1 saturated heterocycles. The van der Waals surface area contributed by atoms with E-state index in [1.165, 1.54) is 45.2 Å². The molecule has 2 nitrogen and oxygen atoms in total. The minimum absolute atomic E-state index is 0.416. The van der Waals surface area contributed by atoms with Crippen LogP contribution in [-0.2, 0) is 0 Å².